The van der Waals surface area contributed by atoms with Gasteiger partial charge in [-0.25, -0.2) is 13.1 Å². The molecular formula is C20H23ClN2O3S. The molecule has 0 atom stereocenters. The van der Waals surface area contributed by atoms with Gasteiger partial charge in [0.2, 0.25) is 10.0 Å². The lowest BCUT2D eigenvalue weighted by Gasteiger charge is -2.30. The molecule has 3 rings (SSSR count). The molecule has 2 aromatic carbocycles. The summed E-state index contributed by atoms with van der Waals surface area (Å²) in [6.45, 7) is 0.546. The largest absolute Gasteiger partial charge is 0.351 e. The van der Waals surface area contributed by atoms with Crippen molar-refractivity contribution in [3.05, 3.63) is 64.7 Å². The van der Waals surface area contributed by atoms with Crippen molar-refractivity contribution in [1.29, 1.82) is 0 Å². The summed E-state index contributed by atoms with van der Waals surface area (Å²) in [5.41, 5.74) is 1.56. The highest BCUT2D eigenvalue weighted by Gasteiger charge is 2.35. The predicted molar refractivity (Wildman–Crippen MR) is 107 cm³/mol. The summed E-state index contributed by atoms with van der Waals surface area (Å²) in [5, 5.41) is 3.73. The molecule has 0 unspecified atom stereocenters. The lowest BCUT2D eigenvalue weighted by Crippen LogP contribution is -2.39. The van der Waals surface area contributed by atoms with Crippen LogP contribution in [0, 0.1) is 0 Å². The van der Waals surface area contributed by atoms with E-state index in [2.05, 4.69) is 10.0 Å². The number of rotatable bonds is 6. The van der Waals surface area contributed by atoms with Crippen LogP contribution >= 0.6 is 11.6 Å². The smallest absolute Gasteiger partial charge is 0.251 e. The first-order valence-corrected chi connectivity index (χ1v) is 10.8. The SMILES string of the molecule is CNS(=O)(=O)c1ccc(C(=O)NCC2(c3ccc(Cl)cc3)CCCC2)cc1. The Bertz CT molecular complexity index is 903. The molecule has 144 valence electrons. The zero-order chi connectivity index (χ0) is 19.5. The van der Waals surface area contributed by atoms with E-state index < -0.39 is 10.0 Å². The summed E-state index contributed by atoms with van der Waals surface area (Å²) in [6.07, 6.45) is 4.31. The second-order valence-electron chi connectivity index (χ2n) is 6.91. The van der Waals surface area contributed by atoms with Gasteiger partial charge in [0.25, 0.3) is 5.91 Å². The zero-order valence-corrected chi connectivity index (χ0v) is 16.7. The van der Waals surface area contributed by atoms with E-state index in [4.69, 9.17) is 11.6 Å². The Morgan fingerprint density at radius 1 is 1.04 bits per heavy atom. The fourth-order valence-corrected chi connectivity index (χ4v) is 4.53. The van der Waals surface area contributed by atoms with Gasteiger partial charge in [0.15, 0.2) is 0 Å². The minimum absolute atomic E-state index is 0.0738. The third-order valence-electron chi connectivity index (χ3n) is 5.30. The molecule has 0 aromatic heterocycles. The van der Waals surface area contributed by atoms with Crippen molar-refractivity contribution in [3.8, 4) is 0 Å². The van der Waals surface area contributed by atoms with E-state index >= 15 is 0 Å². The van der Waals surface area contributed by atoms with E-state index in [1.165, 1.54) is 36.9 Å². The highest BCUT2D eigenvalue weighted by molar-refractivity contribution is 7.89. The van der Waals surface area contributed by atoms with Crippen molar-refractivity contribution in [1.82, 2.24) is 10.0 Å². The number of carbonyl (C=O) groups excluding carboxylic acids is 1. The van der Waals surface area contributed by atoms with Crippen LogP contribution in [0.5, 0.6) is 0 Å². The summed E-state index contributed by atoms with van der Waals surface area (Å²) < 4.78 is 25.8. The predicted octanol–water partition coefficient (Wildman–Crippen LogP) is 3.49. The van der Waals surface area contributed by atoms with E-state index in [9.17, 15) is 13.2 Å². The van der Waals surface area contributed by atoms with Gasteiger partial charge in [0.05, 0.1) is 4.90 Å². The Morgan fingerprint density at radius 3 is 2.19 bits per heavy atom. The van der Waals surface area contributed by atoms with Gasteiger partial charge in [0.1, 0.15) is 0 Å². The van der Waals surface area contributed by atoms with Crippen molar-refractivity contribution in [2.75, 3.05) is 13.6 Å². The first-order valence-electron chi connectivity index (χ1n) is 8.94. The standard InChI is InChI=1S/C20H23ClN2O3S/c1-22-27(25,26)18-10-4-15(5-11-18)19(24)23-14-20(12-2-3-13-20)16-6-8-17(21)9-7-16/h4-11,22H,2-3,12-14H2,1H3,(H,23,24). The summed E-state index contributed by atoms with van der Waals surface area (Å²) in [6, 6.07) is 13.8. The third-order valence-corrected chi connectivity index (χ3v) is 6.98. The number of sulfonamides is 1. The summed E-state index contributed by atoms with van der Waals surface area (Å²) in [7, 11) is -2.15. The Labute approximate surface area is 165 Å². The maximum absolute atomic E-state index is 12.6. The second-order valence-corrected chi connectivity index (χ2v) is 9.23. The number of carbonyl (C=O) groups is 1. The zero-order valence-electron chi connectivity index (χ0n) is 15.2. The van der Waals surface area contributed by atoms with Gasteiger partial charge in [-0.1, -0.05) is 36.6 Å². The Morgan fingerprint density at radius 2 is 1.63 bits per heavy atom. The molecule has 0 spiro atoms. The molecule has 0 saturated heterocycles. The number of nitrogens with one attached hydrogen (secondary N) is 2. The molecule has 1 fully saturated rings. The average molecular weight is 407 g/mol. The molecule has 2 N–H and O–H groups in total. The maximum atomic E-state index is 12.6. The average Bonchev–Trinajstić information content (AvgIpc) is 3.17. The maximum Gasteiger partial charge on any atom is 0.251 e. The van der Waals surface area contributed by atoms with Crippen LogP contribution in [0.15, 0.2) is 53.4 Å². The summed E-state index contributed by atoms with van der Waals surface area (Å²) in [4.78, 5) is 12.7. The van der Waals surface area contributed by atoms with Gasteiger partial charge >= 0.3 is 0 Å². The van der Waals surface area contributed by atoms with Crippen LogP contribution in [-0.4, -0.2) is 27.9 Å². The van der Waals surface area contributed by atoms with Crippen molar-refractivity contribution in [2.45, 2.75) is 36.0 Å². The summed E-state index contributed by atoms with van der Waals surface area (Å²) >= 11 is 6.01. The highest BCUT2D eigenvalue weighted by atomic mass is 35.5. The van der Waals surface area contributed by atoms with Gasteiger partial charge in [-0.05, 0) is 61.9 Å². The number of hydrogen-bond donors (Lipinski definition) is 2. The topological polar surface area (TPSA) is 75.3 Å². The van der Waals surface area contributed by atoms with Crippen LogP contribution in [0.1, 0.15) is 41.6 Å². The highest BCUT2D eigenvalue weighted by Crippen LogP contribution is 2.41. The molecule has 0 bridgehead atoms. The second kappa shape index (κ2) is 8.00. The fourth-order valence-electron chi connectivity index (χ4n) is 3.68. The van der Waals surface area contributed by atoms with E-state index in [-0.39, 0.29) is 16.2 Å². The molecule has 1 aliphatic rings. The molecular weight excluding hydrogens is 384 g/mol. The van der Waals surface area contributed by atoms with Crippen molar-refractivity contribution in [2.24, 2.45) is 0 Å². The van der Waals surface area contributed by atoms with Crippen molar-refractivity contribution < 1.29 is 13.2 Å². The van der Waals surface area contributed by atoms with Crippen LogP contribution in [-0.2, 0) is 15.4 Å². The molecule has 1 amide bonds. The van der Waals surface area contributed by atoms with Gasteiger partial charge in [-0.3, -0.25) is 4.79 Å². The molecule has 5 nitrogen and oxygen atoms in total. The van der Waals surface area contributed by atoms with Gasteiger partial charge in [-0.15, -0.1) is 0 Å². The normalized spacial score (nSPS) is 16.2. The van der Waals surface area contributed by atoms with E-state index in [0.717, 1.165) is 25.7 Å². The van der Waals surface area contributed by atoms with Gasteiger partial charge in [0, 0.05) is 22.5 Å². The summed E-state index contributed by atoms with van der Waals surface area (Å²) in [5.74, 6) is -0.205. The lowest BCUT2D eigenvalue weighted by atomic mass is 9.79. The van der Waals surface area contributed by atoms with Crippen LogP contribution in [0.4, 0.5) is 0 Å². The Hall–Kier alpha value is -1.89. The Kier molecular flexibility index (Phi) is 5.89. The van der Waals surface area contributed by atoms with Gasteiger partial charge in [-0.2, -0.15) is 0 Å². The minimum atomic E-state index is -3.51. The molecule has 0 aliphatic heterocycles. The third kappa shape index (κ3) is 4.34. The minimum Gasteiger partial charge on any atom is -0.351 e. The molecule has 1 aliphatic carbocycles. The van der Waals surface area contributed by atoms with Crippen molar-refractivity contribution in [3.63, 3.8) is 0 Å². The molecule has 2 aromatic rings. The Balaban J connectivity index is 1.72. The van der Waals surface area contributed by atoms with Crippen molar-refractivity contribution >= 4 is 27.5 Å². The van der Waals surface area contributed by atoms with Crippen LogP contribution in [0.3, 0.4) is 0 Å². The fraction of sp³-hybridized carbons (Fsp3) is 0.350. The number of hydrogen-bond acceptors (Lipinski definition) is 3. The van der Waals surface area contributed by atoms with E-state index in [1.54, 1.807) is 0 Å². The number of halogens is 1. The molecule has 7 heteroatoms. The molecule has 0 radical (unpaired) electrons. The molecule has 27 heavy (non-hydrogen) atoms. The quantitative estimate of drug-likeness (QED) is 0.771. The van der Waals surface area contributed by atoms with E-state index in [1.807, 2.05) is 24.3 Å². The number of benzene rings is 2. The number of amides is 1. The molecule has 0 heterocycles. The lowest BCUT2D eigenvalue weighted by molar-refractivity contribution is 0.0943. The first kappa shape index (κ1) is 19.9. The van der Waals surface area contributed by atoms with Crippen LogP contribution in [0.2, 0.25) is 5.02 Å². The van der Waals surface area contributed by atoms with Crippen LogP contribution < -0.4 is 10.0 Å². The molecule has 1 saturated carbocycles. The van der Waals surface area contributed by atoms with Crippen LogP contribution in [0.25, 0.3) is 0 Å². The first-order chi connectivity index (χ1) is 12.9. The van der Waals surface area contributed by atoms with Gasteiger partial charge < -0.3 is 5.32 Å². The monoisotopic (exact) mass is 406 g/mol. The van der Waals surface area contributed by atoms with E-state index in [0.29, 0.717) is 17.1 Å².